The minimum absolute atomic E-state index is 0.0779. The maximum atomic E-state index is 12.8. The summed E-state index contributed by atoms with van der Waals surface area (Å²) in [6, 6.07) is 0. The second-order valence-electron chi connectivity index (χ2n) is 4.22. The maximum absolute atomic E-state index is 12.8. The highest BCUT2D eigenvalue weighted by Gasteiger charge is 2.38. The van der Waals surface area contributed by atoms with Crippen LogP contribution in [0, 0.1) is 12.8 Å². The van der Waals surface area contributed by atoms with Crippen LogP contribution in [-0.4, -0.2) is 9.78 Å². The summed E-state index contributed by atoms with van der Waals surface area (Å²) >= 11 is 1.29. The first-order chi connectivity index (χ1) is 7.80. The number of halogens is 3. The molecule has 0 aliphatic heterocycles. The van der Waals surface area contributed by atoms with E-state index in [-0.39, 0.29) is 11.3 Å². The number of hydrogen-bond acceptors (Lipinski definition) is 2. The molecule has 6 heteroatoms. The van der Waals surface area contributed by atoms with Crippen LogP contribution in [0.5, 0.6) is 0 Å². The van der Waals surface area contributed by atoms with E-state index in [1.807, 2.05) is 6.92 Å². The lowest BCUT2D eigenvalue weighted by Gasteiger charge is -2.05. The lowest BCUT2D eigenvalue weighted by molar-refractivity contribution is -0.140. The number of rotatable bonds is 2. The van der Waals surface area contributed by atoms with Crippen LogP contribution < -0.4 is 0 Å². The van der Waals surface area contributed by atoms with Gasteiger partial charge in [0.05, 0.1) is 0 Å². The van der Waals surface area contributed by atoms with Crippen LogP contribution in [0.4, 0.5) is 13.2 Å². The van der Waals surface area contributed by atoms with Gasteiger partial charge in [0.2, 0.25) is 0 Å². The van der Waals surface area contributed by atoms with Gasteiger partial charge in [0, 0.05) is 12.4 Å². The highest BCUT2D eigenvalue weighted by Crippen LogP contribution is 2.38. The number of fused-ring (bicyclic) bond motifs is 1. The van der Waals surface area contributed by atoms with Crippen molar-refractivity contribution in [2.24, 2.45) is 13.0 Å². The van der Waals surface area contributed by atoms with Crippen molar-refractivity contribution in [1.29, 1.82) is 0 Å². The zero-order valence-corrected chi connectivity index (χ0v) is 10.3. The molecule has 0 saturated heterocycles. The lowest BCUT2D eigenvalue weighted by Crippen LogP contribution is -2.08. The largest absolute Gasteiger partial charge is 0.435 e. The first kappa shape index (κ1) is 12.4. The molecule has 93 valence electrons. The summed E-state index contributed by atoms with van der Waals surface area (Å²) in [7, 11) is 1.53. The third kappa shape index (κ3) is 2.18. The number of thiophene rings is 1. The molecule has 2 nitrogen and oxygen atoms in total. The zero-order chi connectivity index (χ0) is 12.8. The molecule has 0 N–H and O–H groups in total. The molecular weight excluding hydrogens is 249 g/mol. The van der Waals surface area contributed by atoms with Gasteiger partial charge in [0.15, 0.2) is 5.69 Å². The molecule has 0 bridgehead atoms. The number of nitrogens with zero attached hydrogens (tertiary/aromatic N) is 2. The average molecular weight is 261 g/mol. The monoisotopic (exact) mass is 261 g/mol. The van der Waals surface area contributed by atoms with Crippen LogP contribution in [0.3, 0.4) is 0 Å². The quantitative estimate of drug-likeness (QED) is 0.806. The van der Waals surface area contributed by atoms with Gasteiger partial charge in [0.25, 0.3) is 0 Å². The molecule has 0 saturated carbocycles. The summed E-state index contributed by atoms with van der Waals surface area (Å²) in [5.41, 5.74) is -0.0974. The van der Waals surface area contributed by atoms with E-state index in [0.717, 1.165) is 0 Å². The van der Waals surface area contributed by atoms with E-state index in [9.17, 15) is 13.2 Å². The van der Waals surface area contributed by atoms with Crippen molar-refractivity contribution in [3.63, 3.8) is 0 Å². The molecule has 0 aromatic carbocycles. The third-order valence-corrected chi connectivity index (χ3v) is 3.56. The molecule has 17 heavy (non-hydrogen) atoms. The fourth-order valence-electron chi connectivity index (χ4n) is 1.84. The normalized spacial score (nSPS) is 12.9. The van der Waals surface area contributed by atoms with Gasteiger partial charge in [-0.3, -0.25) is 4.68 Å². The van der Waals surface area contributed by atoms with Gasteiger partial charge in [0.1, 0.15) is 4.83 Å². The first-order valence-electron chi connectivity index (χ1n) is 5.14. The van der Waals surface area contributed by atoms with Gasteiger partial charge in [-0.25, -0.2) is 0 Å². The van der Waals surface area contributed by atoms with E-state index >= 15 is 0 Å². The standard InChI is InChI=1S/C11H12F3N2S/c1-6(2)4-7-5-17-10-8(7)9(11(12,13)14)15-16(10)3/h5-6H,1,4H2,2-3H3/t6-/m0/s1. The Hall–Kier alpha value is -1.04. The Balaban J connectivity index is 2.64. The van der Waals surface area contributed by atoms with Crippen LogP contribution in [-0.2, 0) is 19.6 Å². The SMILES string of the molecule is [CH2][C@@H](C)Cc1csc2c1c(C(F)(F)F)nn2C. The van der Waals surface area contributed by atoms with Crippen molar-refractivity contribution in [3.05, 3.63) is 23.6 Å². The Labute approximate surface area is 101 Å². The molecule has 1 radical (unpaired) electrons. The maximum Gasteiger partial charge on any atom is 0.435 e. The Bertz CT molecular complexity index is 537. The average Bonchev–Trinajstić information content (AvgIpc) is 2.67. The van der Waals surface area contributed by atoms with Crippen molar-refractivity contribution >= 4 is 21.6 Å². The van der Waals surface area contributed by atoms with Crippen molar-refractivity contribution in [3.8, 4) is 0 Å². The molecular formula is C11H12F3N2S. The van der Waals surface area contributed by atoms with E-state index in [1.165, 1.54) is 23.1 Å². The molecule has 2 aromatic rings. The summed E-state index contributed by atoms with van der Waals surface area (Å²) in [5.74, 6) is 0.0779. The molecule has 2 heterocycles. The topological polar surface area (TPSA) is 17.8 Å². The van der Waals surface area contributed by atoms with Gasteiger partial charge in [-0.2, -0.15) is 18.3 Å². The molecule has 0 unspecified atom stereocenters. The van der Waals surface area contributed by atoms with Crippen molar-refractivity contribution in [2.45, 2.75) is 19.5 Å². The molecule has 0 aliphatic carbocycles. The fourth-order valence-corrected chi connectivity index (χ4v) is 2.85. The Morgan fingerprint density at radius 2 is 2.18 bits per heavy atom. The highest BCUT2D eigenvalue weighted by atomic mass is 32.1. The minimum Gasteiger partial charge on any atom is -0.257 e. The number of hydrogen-bond donors (Lipinski definition) is 0. The van der Waals surface area contributed by atoms with Crippen molar-refractivity contribution in [1.82, 2.24) is 9.78 Å². The van der Waals surface area contributed by atoms with Gasteiger partial charge in [-0.1, -0.05) is 13.8 Å². The van der Waals surface area contributed by atoms with E-state index in [0.29, 0.717) is 16.8 Å². The van der Waals surface area contributed by atoms with Gasteiger partial charge >= 0.3 is 6.18 Å². The second-order valence-corrected chi connectivity index (χ2v) is 5.08. The van der Waals surface area contributed by atoms with E-state index in [2.05, 4.69) is 12.0 Å². The molecule has 2 rings (SSSR count). The van der Waals surface area contributed by atoms with E-state index in [1.54, 1.807) is 5.38 Å². The van der Waals surface area contributed by atoms with Gasteiger partial charge in [-0.05, 0) is 23.3 Å². The Morgan fingerprint density at radius 3 is 2.71 bits per heavy atom. The number of aryl methyl sites for hydroxylation is 1. The zero-order valence-electron chi connectivity index (χ0n) is 9.51. The van der Waals surface area contributed by atoms with Gasteiger partial charge < -0.3 is 0 Å². The molecule has 0 spiro atoms. The smallest absolute Gasteiger partial charge is 0.257 e. The summed E-state index contributed by atoms with van der Waals surface area (Å²) < 4.78 is 39.8. The van der Waals surface area contributed by atoms with Crippen LogP contribution in [0.1, 0.15) is 18.2 Å². The van der Waals surface area contributed by atoms with Crippen LogP contribution in [0.2, 0.25) is 0 Å². The fraction of sp³-hybridized carbons (Fsp3) is 0.455. The first-order valence-corrected chi connectivity index (χ1v) is 6.02. The van der Waals surface area contributed by atoms with E-state index in [4.69, 9.17) is 0 Å². The predicted octanol–water partition coefficient (Wildman–Crippen LogP) is 3.67. The lowest BCUT2D eigenvalue weighted by atomic mass is 10.0. The third-order valence-electron chi connectivity index (χ3n) is 2.47. The second kappa shape index (κ2) is 4.01. The molecule has 0 aliphatic rings. The van der Waals surface area contributed by atoms with Crippen molar-refractivity contribution < 1.29 is 13.2 Å². The van der Waals surface area contributed by atoms with Crippen LogP contribution in [0.15, 0.2) is 5.38 Å². The number of aromatic nitrogens is 2. The van der Waals surface area contributed by atoms with Crippen LogP contribution in [0.25, 0.3) is 10.2 Å². The molecule has 2 aromatic heterocycles. The Morgan fingerprint density at radius 1 is 1.53 bits per heavy atom. The van der Waals surface area contributed by atoms with Crippen molar-refractivity contribution in [2.75, 3.05) is 0 Å². The highest BCUT2D eigenvalue weighted by molar-refractivity contribution is 7.17. The summed E-state index contributed by atoms with van der Waals surface area (Å²) in [6.45, 7) is 5.70. The molecule has 1 atom stereocenters. The molecule has 0 fully saturated rings. The predicted molar refractivity (Wildman–Crippen MR) is 61.8 cm³/mol. The molecule has 0 amide bonds. The van der Waals surface area contributed by atoms with Gasteiger partial charge in [-0.15, -0.1) is 11.3 Å². The summed E-state index contributed by atoms with van der Waals surface area (Å²) in [5, 5.41) is 5.57. The summed E-state index contributed by atoms with van der Waals surface area (Å²) in [6.07, 6.45) is -3.87. The minimum atomic E-state index is -4.40. The Kier molecular flexibility index (Phi) is 2.93. The van der Waals surface area contributed by atoms with E-state index < -0.39 is 11.9 Å². The van der Waals surface area contributed by atoms with Crippen LogP contribution >= 0.6 is 11.3 Å². The number of alkyl halides is 3. The summed E-state index contributed by atoms with van der Waals surface area (Å²) in [4.78, 5) is 0.563.